The van der Waals surface area contributed by atoms with Gasteiger partial charge in [-0.3, -0.25) is 0 Å². The maximum absolute atomic E-state index is 4.19. The number of nitrogens with one attached hydrogen (secondary N) is 1. The third-order valence-electron chi connectivity index (χ3n) is 9.25. The normalized spacial score (nSPS) is 12.9. The van der Waals surface area contributed by atoms with Crippen molar-refractivity contribution < 1.29 is 0 Å². The first-order valence-electron chi connectivity index (χ1n) is 23.6. The van der Waals surface area contributed by atoms with E-state index in [0.29, 0.717) is 11.8 Å². The largest absolute Gasteiger partial charge is 0.355 e. The topological polar surface area (TPSA) is 15.3 Å². The highest BCUT2D eigenvalue weighted by Gasteiger charge is 2.22. The molecule has 0 spiro atoms. The van der Waals surface area contributed by atoms with Crippen molar-refractivity contribution in [2.24, 2.45) is 5.92 Å². The molecule has 0 saturated carbocycles. The summed E-state index contributed by atoms with van der Waals surface area (Å²) >= 11 is 0. The van der Waals surface area contributed by atoms with Crippen molar-refractivity contribution in [3.63, 3.8) is 0 Å². The molecule has 1 aliphatic carbocycles. The van der Waals surface area contributed by atoms with Crippen molar-refractivity contribution in [3.8, 4) is 12.8 Å². The van der Waals surface area contributed by atoms with E-state index in [1.165, 1.54) is 44.9 Å². The smallest absolute Gasteiger partial charge is 0.0458 e. The molecule has 0 saturated heterocycles. The second-order valence-electron chi connectivity index (χ2n) is 13.8. The van der Waals surface area contributed by atoms with Crippen LogP contribution in [0.3, 0.4) is 0 Å². The lowest BCUT2D eigenvalue weighted by molar-refractivity contribution is 0.731. The summed E-state index contributed by atoms with van der Waals surface area (Å²) in [5.41, 5.74) is 12.7. The van der Waals surface area contributed by atoms with Crippen LogP contribution in [-0.2, 0) is 6.42 Å². The van der Waals surface area contributed by atoms with E-state index < -0.39 is 0 Å². The Hall–Kier alpha value is -5.52. The molecule has 0 fully saturated rings. The zero-order valence-electron chi connectivity index (χ0n) is 41.6. The number of hydrogen-bond acceptors (Lipinski definition) is 2. The molecule has 2 heteroatoms. The highest BCUT2D eigenvalue weighted by molar-refractivity contribution is 5.78. The maximum Gasteiger partial charge on any atom is 0.0458 e. The van der Waals surface area contributed by atoms with Gasteiger partial charge in [0.1, 0.15) is 0 Å². The number of allylic oxidation sites excluding steroid dienone is 9. The number of nitrogens with zero attached hydrogens (tertiary/aromatic N) is 1. The summed E-state index contributed by atoms with van der Waals surface area (Å²) in [6, 6.07) is 40.9. The van der Waals surface area contributed by atoms with Crippen LogP contribution in [-0.4, -0.2) is 0 Å². The Morgan fingerprint density at radius 1 is 0.758 bits per heavy atom. The van der Waals surface area contributed by atoms with Crippen molar-refractivity contribution >= 4 is 16.9 Å². The van der Waals surface area contributed by atoms with Crippen molar-refractivity contribution in [3.05, 3.63) is 198 Å². The SMILES string of the molecule is C#C.C=C/C(=C\CC)N(/C(=C/CC1=CC(C)CC(c2ccccc2)=C1Nc1cccc(C/C=C\C)c1)CCC)c1ccccc1.CC.CC.CC.CC.CC(C)c1ccccc1. The van der Waals surface area contributed by atoms with Crippen molar-refractivity contribution in [1.82, 2.24) is 0 Å². The van der Waals surface area contributed by atoms with Crippen LogP contribution < -0.4 is 10.2 Å². The molecule has 1 N–H and O–H groups in total. The zero-order chi connectivity index (χ0) is 47.1. The van der Waals surface area contributed by atoms with Crippen LogP contribution in [0.1, 0.15) is 152 Å². The van der Waals surface area contributed by atoms with Crippen molar-refractivity contribution in [1.29, 1.82) is 0 Å². The summed E-state index contributed by atoms with van der Waals surface area (Å²) in [4.78, 5) is 2.40. The summed E-state index contributed by atoms with van der Waals surface area (Å²) in [5, 5.41) is 3.90. The van der Waals surface area contributed by atoms with E-state index >= 15 is 0 Å². The van der Waals surface area contributed by atoms with Gasteiger partial charge in [0.25, 0.3) is 0 Å². The molecule has 1 atom stereocenters. The lowest BCUT2D eigenvalue weighted by Gasteiger charge is -2.30. The molecule has 0 radical (unpaired) electrons. The molecule has 62 heavy (non-hydrogen) atoms. The minimum atomic E-state index is 0.453. The van der Waals surface area contributed by atoms with Crippen LogP contribution in [0, 0.1) is 18.8 Å². The van der Waals surface area contributed by atoms with Gasteiger partial charge in [-0.2, -0.15) is 0 Å². The fourth-order valence-electron chi connectivity index (χ4n) is 6.67. The van der Waals surface area contributed by atoms with E-state index in [9.17, 15) is 0 Å². The third-order valence-corrected chi connectivity index (χ3v) is 9.25. The molecule has 0 aliphatic heterocycles. The second-order valence-corrected chi connectivity index (χ2v) is 13.8. The number of para-hydroxylation sites is 1. The van der Waals surface area contributed by atoms with Crippen molar-refractivity contribution in [2.75, 3.05) is 10.2 Å². The van der Waals surface area contributed by atoms with E-state index in [4.69, 9.17) is 0 Å². The van der Waals surface area contributed by atoms with Gasteiger partial charge in [-0.1, -0.05) is 224 Å². The van der Waals surface area contributed by atoms with Crippen LogP contribution in [0.15, 0.2) is 181 Å². The third kappa shape index (κ3) is 21.3. The van der Waals surface area contributed by atoms with Gasteiger partial charge < -0.3 is 10.2 Å². The maximum atomic E-state index is 4.19. The molecular formula is C60H86N2. The Balaban J connectivity index is 0. The standard InChI is InChI=1S/C41H48N2.C9H12.4C2H6.C2H2/c1-6-10-20-33-21-17-24-36(31-33)42-41-35(29-32(5)30-40(41)34-22-13-11-14-23-34)27-28-38(19-8-3)43(37(9-4)18-7-2)39-25-15-12-16-26-39;1-8(2)9-6-4-3-5-7-9;5*1-2/h6,9-18,21-26,28-29,31-32,42H,4,7-8,19-20,27,30H2,1-3,5H3;3-8H,1-2H3;4*1-2H3;1-2H/b10-6-,37-18+,38-28+;;;;;;. The minimum Gasteiger partial charge on any atom is -0.355 e. The molecule has 1 aliphatic rings. The average Bonchev–Trinajstić information content (AvgIpc) is 3.34. The number of benzene rings is 4. The van der Waals surface area contributed by atoms with Crippen LogP contribution in [0.5, 0.6) is 0 Å². The average molecular weight is 835 g/mol. The van der Waals surface area contributed by atoms with Gasteiger partial charge in [-0.15, -0.1) is 12.8 Å². The summed E-state index contributed by atoms with van der Waals surface area (Å²) in [5.74, 6) is 1.11. The van der Waals surface area contributed by atoms with Crippen LogP contribution >= 0.6 is 0 Å². The number of anilines is 2. The second kappa shape index (κ2) is 38.4. The minimum absolute atomic E-state index is 0.453. The van der Waals surface area contributed by atoms with Crippen LogP contribution in [0.2, 0.25) is 0 Å². The van der Waals surface area contributed by atoms with Crippen LogP contribution in [0.25, 0.3) is 5.57 Å². The monoisotopic (exact) mass is 835 g/mol. The fraction of sp³-hybridized carbons (Fsp3) is 0.367. The highest BCUT2D eigenvalue weighted by Crippen LogP contribution is 2.38. The first-order chi connectivity index (χ1) is 30.4. The predicted molar refractivity (Wildman–Crippen MR) is 285 cm³/mol. The van der Waals surface area contributed by atoms with E-state index in [-0.39, 0.29) is 0 Å². The molecular weight excluding hydrogens is 749 g/mol. The summed E-state index contributed by atoms with van der Waals surface area (Å²) in [6.45, 7) is 33.5. The molecule has 0 amide bonds. The quantitative estimate of drug-likeness (QED) is 0.0729. The van der Waals surface area contributed by atoms with Gasteiger partial charge in [-0.05, 0) is 109 Å². The lowest BCUT2D eigenvalue weighted by atomic mass is 9.84. The molecule has 0 heterocycles. The van der Waals surface area contributed by atoms with Crippen LogP contribution in [0.4, 0.5) is 11.4 Å². The van der Waals surface area contributed by atoms with Gasteiger partial charge in [0.2, 0.25) is 0 Å². The first kappa shape index (κ1) is 58.6. The first-order valence-corrected chi connectivity index (χ1v) is 23.6. The molecule has 0 aromatic heterocycles. The fourth-order valence-corrected chi connectivity index (χ4v) is 6.67. The van der Waals surface area contributed by atoms with Crippen molar-refractivity contribution in [2.45, 2.75) is 141 Å². The predicted octanol–water partition coefficient (Wildman–Crippen LogP) is 18.8. The van der Waals surface area contributed by atoms with Gasteiger partial charge in [0.15, 0.2) is 0 Å². The summed E-state index contributed by atoms with van der Waals surface area (Å²) in [7, 11) is 0. The van der Waals surface area contributed by atoms with Gasteiger partial charge in [-0.25, -0.2) is 0 Å². The van der Waals surface area contributed by atoms with Gasteiger partial charge >= 0.3 is 0 Å². The Labute approximate surface area is 383 Å². The summed E-state index contributed by atoms with van der Waals surface area (Å²) in [6.07, 6.45) is 27.3. The Kier molecular flexibility index (Phi) is 36.3. The number of terminal acetylenes is 1. The van der Waals surface area contributed by atoms with Gasteiger partial charge in [0.05, 0.1) is 0 Å². The van der Waals surface area contributed by atoms with E-state index in [0.717, 1.165) is 49.9 Å². The van der Waals surface area contributed by atoms with Gasteiger partial charge in [0, 0.05) is 28.5 Å². The van der Waals surface area contributed by atoms with E-state index in [2.05, 4.69) is 211 Å². The number of rotatable bonds is 15. The molecule has 4 aromatic carbocycles. The number of hydrogen-bond donors (Lipinski definition) is 1. The zero-order valence-corrected chi connectivity index (χ0v) is 41.6. The van der Waals surface area contributed by atoms with E-state index in [1.807, 2.05) is 67.5 Å². The molecule has 1 unspecified atom stereocenters. The molecule has 0 bridgehead atoms. The molecule has 5 rings (SSSR count). The molecule has 4 aromatic rings. The Morgan fingerprint density at radius 2 is 1.32 bits per heavy atom. The Morgan fingerprint density at radius 3 is 1.82 bits per heavy atom. The molecule has 336 valence electrons. The lowest BCUT2D eigenvalue weighted by Crippen LogP contribution is -2.21. The summed E-state index contributed by atoms with van der Waals surface area (Å²) < 4.78 is 0. The molecule has 2 nitrogen and oxygen atoms in total. The highest BCUT2D eigenvalue weighted by atomic mass is 15.2. The van der Waals surface area contributed by atoms with E-state index in [1.54, 1.807) is 0 Å². The Bertz CT molecular complexity index is 1870.